The Balaban J connectivity index is 0.000000795. The van der Waals surface area contributed by atoms with Crippen molar-refractivity contribution in [2.45, 2.75) is 90.4 Å². The number of methoxy groups -OCH3 is 2. The van der Waals surface area contributed by atoms with Gasteiger partial charge >= 0.3 is 35.8 Å². The molecule has 52 heavy (non-hydrogen) atoms. The molecule has 0 amide bonds. The molecule has 282 valence electrons. The van der Waals surface area contributed by atoms with Crippen LogP contribution in [0, 0.1) is 17.1 Å². The summed E-state index contributed by atoms with van der Waals surface area (Å²) in [5.41, 5.74) is 2.03. The van der Waals surface area contributed by atoms with Crippen LogP contribution < -0.4 is 28.3 Å². The Morgan fingerprint density at radius 3 is 1.63 bits per heavy atom. The number of hydrogen-bond donors (Lipinski definition) is 2. The molecule has 3 aliphatic rings. The third-order valence-electron chi connectivity index (χ3n) is 9.29. The predicted octanol–water partition coefficient (Wildman–Crippen LogP) is 6.97. The number of Topliss-reactive ketones (excluding diaryl/α,β-unsaturated/α-hetero) is 1. The van der Waals surface area contributed by atoms with Gasteiger partial charge in [0, 0.05) is 49.7 Å². The summed E-state index contributed by atoms with van der Waals surface area (Å²) >= 11 is 10.6. The van der Waals surface area contributed by atoms with Gasteiger partial charge in [-0.1, -0.05) is 7.43 Å². The molecule has 2 aromatic carbocycles. The Labute approximate surface area is 357 Å². The maximum absolute atomic E-state index is 11.5. The summed E-state index contributed by atoms with van der Waals surface area (Å²) in [5.74, 6) is 3.81. The Kier molecular flexibility index (Phi) is 24.1. The van der Waals surface area contributed by atoms with Crippen molar-refractivity contribution in [1.82, 2.24) is 9.97 Å². The first kappa shape index (κ1) is 49.3. The molecule has 2 aromatic heterocycles. The van der Waals surface area contributed by atoms with Gasteiger partial charge in [0.2, 0.25) is 0 Å². The molecule has 1 saturated heterocycles. The minimum atomic E-state index is -0.250. The van der Waals surface area contributed by atoms with Gasteiger partial charge in [0.1, 0.15) is 17.3 Å². The van der Waals surface area contributed by atoms with Crippen molar-refractivity contribution in [3.63, 3.8) is 0 Å². The maximum Gasteiger partial charge on any atom is 1.00 e. The average molecular weight is 896 g/mol. The van der Waals surface area contributed by atoms with E-state index in [-0.39, 0.29) is 58.3 Å². The fraction of sp³-hybridized carbons (Fsp3) is 0.583. The summed E-state index contributed by atoms with van der Waals surface area (Å²) in [6.07, 6.45) is 11.2. The number of nitrogens with zero attached hydrogens (tertiary/aromatic N) is 2. The van der Waals surface area contributed by atoms with Gasteiger partial charge in [-0.05, 0) is 121 Å². The van der Waals surface area contributed by atoms with E-state index in [4.69, 9.17) is 29.5 Å². The van der Waals surface area contributed by atoms with E-state index in [1.54, 1.807) is 43.8 Å². The number of fused-ring (bicyclic) bond motifs is 2. The number of nitrogens with one attached hydrogen (secondary N) is 1. The summed E-state index contributed by atoms with van der Waals surface area (Å²) in [6.45, 7) is 4.04. The van der Waals surface area contributed by atoms with Gasteiger partial charge in [0.05, 0.1) is 53.6 Å². The molecule has 0 unspecified atom stereocenters. The zero-order valence-corrected chi connectivity index (χ0v) is 34.1. The van der Waals surface area contributed by atoms with E-state index in [0.29, 0.717) is 30.1 Å². The molecule has 2 saturated carbocycles. The molecule has 1 aliphatic heterocycles. The summed E-state index contributed by atoms with van der Waals surface area (Å²) < 4.78 is 29.8. The fourth-order valence-electron chi connectivity index (χ4n) is 6.41. The number of thiazole rings is 2. The topological polar surface area (TPSA) is 115 Å². The molecule has 7 rings (SSSR count). The number of benzene rings is 2. The van der Waals surface area contributed by atoms with Crippen molar-refractivity contribution in [2.24, 2.45) is 11.8 Å². The van der Waals surface area contributed by atoms with E-state index in [2.05, 4.69) is 44.0 Å². The Hall–Kier alpha value is -0.705. The number of ether oxygens (including phenoxy) is 3. The van der Waals surface area contributed by atoms with Crippen LogP contribution in [0.2, 0.25) is 0 Å². The van der Waals surface area contributed by atoms with Crippen molar-refractivity contribution in [2.75, 3.05) is 34.0 Å². The summed E-state index contributed by atoms with van der Waals surface area (Å²) in [4.78, 5) is 21.0. The van der Waals surface area contributed by atoms with E-state index >= 15 is 0 Å². The number of carbonyl (C=O) groups is 1. The quantitative estimate of drug-likeness (QED) is 0.201. The molecule has 3 fully saturated rings. The molecule has 4 aromatic rings. The molecule has 0 bridgehead atoms. The van der Waals surface area contributed by atoms with E-state index in [0.717, 1.165) is 96.1 Å². The monoisotopic (exact) mass is 893 g/mol. The van der Waals surface area contributed by atoms with E-state index < -0.39 is 0 Å². The van der Waals surface area contributed by atoms with Gasteiger partial charge in [0.15, 0.2) is 17.4 Å². The summed E-state index contributed by atoms with van der Waals surface area (Å²) in [7, 11) is 3.09. The first-order valence-corrected chi connectivity index (χ1v) is 20.0. The van der Waals surface area contributed by atoms with Crippen LogP contribution in [0.5, 0.6) is 11.5 Å². The summed E-state index contributed by atoms with van der Waals surface area (Å²) in [5, 5.41) is 17.1. The first-order chi connectivity index (χ1) is 23.7. The smallest absolute Gasteiger partial charge is 1.00 e. The minimum Gasteiger partial charge on any atom is -1.00 e. The standard InChI is InChI=1S/C16H18BrNO2S.C15H18BrNO2S.C4H8O.CH4.Al.BFHN.Li.4H/c1-9(19)10-3-5-11(6-4-10)16-18-13-8-14(20-2)12(17)7-15(13)21-16;1-19-13-7-12-14(6-11(13)16)20-15(17-12)10-4-2-9(8-18)3-5-10;1-2-4-5-3-1;;;2-1-3;;;;;/h7-8,10-11H,3-6H2,1-2H3;6-7,9-10,18H,2-5,8H2,1H3;1-4H2;1H4;;3H;;;;;/q;;;;;;+1;;;;-1. The number of rotatable bonds is 6. The average Bonchev–Trinajstić information content (AvgIpc) is 3.91. The third-order valence-corrected chi connectivity index (χ3v) is 12.9. The van der Waals surface area contributed by atoms with Crippen LogP contribution in [0.3, 0.4) is 0 Å². The van der Waals surface area contributed by atoms with Crippen LogP contribution in [-0.4, -0.2) is 79.6 Å². The van der Waals surface area contributed by atoms with Crippen LogP contribution in [0.15, 0.2) is 33.2 Å². The van der Waals surface area contributed by atoms with Crippen LogP contribution in [0.25, 0.3) is 20.4 Å². The van der Waals surface area contributed by atoms with Crippen LogP contribution in [-0.2, 0) is 9.53 Å². The normalized spacial score (nSPS) is 20.4. The minimum absolute atomic E-state index is 0. The number of ketones is 1. The third kappa shape index (κ3) is 14.1. The maximum atomic E-state index is 11.5. The van der Waals surface area contributed by atoms with Crippen molar-refractivity contribution in [1.29, 1.82) is 5.31 Å². The molecular weight excluding hydrogens is 842 g/mol. The summed E-state index contributed by atoms with van der Waals surface area (Å²) in [6, 6.07) is 8.16. The van der Waals surface area contributed by atoms with E-state index in [1.165, 1.54) is 32.3 Å². The van der Waals surface area contributed by atoms with Gasteiger partial charge in [-0.2, -0.15) is 0 Å². The number of aromatic nitrogens is 2. The van der Waals surface area contributed by atoms with Gasteiger partial charge in [-0.15, -0.1) is 22.7 Å². The molecule has 8 nitrogen and oxygen atoms in total. The van der Waals surface area contributed by atoms with Crippen molar-refractivity contribution < 1.29 is 48.7 Å². The molecular formula is C36H53AlBBr2FLiN3O5S2. The van der Waals surface area contributed by atoms with Crippen LogP contribution in [0.4, 0.5) is 4.32 Å². The molecule has 2 N–H and O–H groups in total. The zero-order valence-electron chi connectivity index (χ0n) is 30.3. The number of hydrogen-bond acceptors (Lipinski definition) is 10. The number of carbonyl (C=O) groups excluding carboxylic acids is 1. The van der Waals surface area contributed by atoms with Crippen molar-refractivity contribution >= 4 is 105 Å². The molecule has 0 atom stereocenters. The Morgan fingerprint density at radius 2 is 1.31 bits per heavy atom. The van der Waals surface area contributed by atoms with Gasteiger partial charge < -0.3 is 20.7 Å². The molecule has 2 aliphatic carbocycles. The molecule has 0 radical (unpaired) electrons. The molecule has 16 heteroatoms. The predicted molar refractivity (Wildman–Crippen MR) is 222 cm³/mol. The molecule has 3 heterocycles. The second-order valence-electron chi connectivity index (χ2n) is 12.5. The van der Waals surface area contributed by atoms with Gasteiger partial charge in [-0.3, -0.25) is 4.79 Å². The Bertz CT molecular complexity index is 1670. The SMILES string of the molecule is C.C1CCOC1.COc1cc2nc(C3CCC(C(C)=O)CC3)sc2cc1Br.COc1cc2nc(C3CCC(CO)CC3)sc2cc1Br.N=BF.[AlH3].[H-].[Li+]. The number of halogens is 3. The molecule has 0 spiro atoms. The first-order valence-electron chi connectivity index (χ1n) is 16.8. The van der Waals surface area contributed by atoms with Gasteiger partial charge in [0.25, 0.3) is 0 Å². The second-order valence-corrected chi connectivity index (χ2v) is 16.3. The fourth-order valence-corrected chi connectivity index (χ4v) is 10.0. The number of aliphatic hydroxyl groups excluding tert-OH is 1. The Morgan fingerprint density at radius 1 is 0.904 bits per heavy atom. The number of aliphatic hydroxyl groups is 1. The van der Waals surface area contributed by atoms with Crippen LogP contribution >= 0.6 is 54.5 Å². The van der Waals surface area contributed by atoms with Gasteiger partial charge in [-0.25, -0.2) is 9.97 Å². The van der Waals surface area contributed by atoms with E-state index in [1.807, 2.05) is 12.1 Å². The van der Waals surface area contributed by atoms with Crippen LogP contribution in [0.1, 0.15) is 102 Å². The van der Waals surface area contributed by atoms with Crippen molar-refractivity contribution in [3.8, 4) is 11.5 Å². The van der Waals surface area contributed by atoms with E-state index in [9.17, 15) is 14.2 Å². The second kappa shape index (κ2) is 25.5. The largest absolute Gasteiger partial charge is 1.00 e. The van der Waals surface area contributed by atoms with Crippen molar-refractivity contribution in [3.05, 3.63) is 43.2 Å². The zero-order chi connectivity index (χ0) is 35.3.